The third-order valence-corrected chi connectivity index (χ3v) is 3.43. The summed E-state index contributed by atoms with van der Waals surface area (Å²) in [5, 5.41) is 3.16. The average Bonchev–Trinajstić information content (AvgIpc) is 2.78. The highest BCUT2D eigenvalue weighted by Gasteiger charge is 2.19. The maximum absolute atomic E-state index is 5.85. The smallest absolute Gasteiger partial charge is 0.119 e. The molecule has 0 radical (unpaired) electrons. The lowest BCUT2D eigenvalue weighted by Gasteiger charge is -2.12. The molecule has 1 aliphatic heterocycles. The van der Waals surface area contributed by atoms with Crippen LogP contribution < -0.4 is 5.73 Å². The Balaban J connectivity index is 1.87. The van der Waals surface area contributed by atoms with Crippen molar-refractivity contribution in [3.05, 3.63) is 16.1 Å². The molecule has 0 bridgehead atoms. The normalized spacial score (nSPS) is 22.4. The van der Waals surface area contributed by atoms with Crippen molar-refractivity contribution in [1.29, 1.82) is 0 Å². The topological polar surface area (TPSA) is 51.4 Å². The molecule has 15 heavy (non-hydrogen) atoms. The summed E-state index contributed by atoms with van der Waals surface area (Å²) in [5.41, 5.74) is 6.99. The second-order valence-corrected chi connectivity index (χ2v) is 4.89. The number of nitrogens with two attached hydrogens (primary N) is 1. The molecule has 1 saturated heterocycles. The van der Waals surface area contributed by atoms with Crippen LogP contribution in [0.15, 0.2) is 5.38 Å². The van der Waals surface area contributed by atoms with E-state index >= 15 is 0 Å². The first-order valence-corrected chi connectivity index (χ1v) is 6.06. The van der Waals surface area contributed by atoms with Crippen LogP contribution >= 0.6 is 11.3 Å². The van der Waals surface area contributed by atoms with Crippen molar-refractivity contribution >= 4 is 11.3 Å². The molecule has 2 rings (SSSR count). The fraction of sp³-hybridized carbons (Fsp3) is 0.700. The molecule has 1 fully saturated rings. The van der Waals surface area contributed by atoms with E-state index < -0.39 is 0 Å². The Kier molecular flexibility index (Phi) is 3.69. The minimum atomic E-state index is 0.349. The molecule has 4 nitrogen and oxygen atoms in total. The monoisotopic (exact) mass is 227 g/mol. The summed E-state index contributed by atoms with van der Waals surface area (Å²) in [5.74, 6) is 0. The quantitative estimate of drug-likeness (QED) is 0.827. The highest BCUT2D eigenvalue weighted by Crippen LogP contribution is 2.15. The van der Waals surface area contributed by atoms with Gasteiger partial charge in [0.25, 0.3) is 0 Å². The van der Waals surface area contributed by atoms with Crippen molar-refractivity contribution in [1.82, 2.24) is 9.88 Å². The van der Waals surface area contributed by atoms with E-state index in [9.17, 15) is 0 Å². The lowest BCUT2D eigenvalue weighted by atomic mass is 10.3. The zero-order valence-electron chi connectivity index (χ0n) is 8.98. The summed E-state index contributed by atoms with van der Waals surface area (Å²) in [6.07, 6.45) is 1.11. The van der Waals surface area contributed by atoms with Crippen LogP contribution in [0.25, 0.3) is 0 Å². The molecule has 5 heteroatoms. The molecular formula is C10H17N3OS. The van der Waals surface area contributed by atoms with E-state index in [0.717, 1.165) is 36.8 Å². The van der Waals surface area contributed by atoms with Crippen molar-refractivity contribution in [3.8, 4) is 0 Å². The number of likely N-dealkylation sites (tertiary alicyclic amines) is 1. The maximum atomic E-state index is 5.85. The molecule has 2 heterocycles. The van der Waals surface area contributed by atoms with E-state index in [1.54, 1.807) is 18.4 Å². The standard InChI is InChI=1S/C10H17N3OS/c1-14-6-10-12-9(7-15-10)5-13-3-2-8(11)4-13/h7-8H,2-6,11H2,1H3/t8-/m1/s1. The Morgan fingerprint density at radius 3 is 3.27 bits per heavy atom. The van der Waals surface area contributed by atoms with Gasteiger partial charge >= 0.3 is 0 Å². The van der Waals surface area contributed by atoms with Gasteiger partial charge in [0.1, 0.15) is 5.01 Å². The zero-order chi connectivity index (χ0) is 10.7. The van der Waals surface area contributed by atoms with Crippen LogP contribution in [-0.4, -0.2) is 36.1 Å². The molecule has 0 unspecified atom stereocenters. The number of hydrogen-bond donors (Lipinski definition) is 1. The Bertz CT molecular complexity index is 315. The predicted molar refractivity (Wildman–Crippen MR) is 60.7 cm³/mol. The minimum Gasteiger partial charge on any atom is -0.378 e. The molecule has 0 spiro atoms. The first-order chi connectivity index (χ1) is 7.28. The van der Waals surface area contributed by atoms with E-state index in [0.29, 0.717) is 12.6 Å². The van der Waals surface area contributed by atoms with Crippen molar-refractivity contribution in [2.45, 2.75) is 25.6 Å². The van der Waals surface area contributed by atoms with E-state index in [1.807, 2.05) is 0 Å². The second-order valence-electron chi connectivity index (χ2n) is 3.95. The molecule has 0 saturated carbocycles. The van der Waals surface area contributed by atoms with Gasteiger partial charge in [-0.15, -0.1) is 11.3 Å². The van der Waals surface area contributed by atoms with E-state index in [1.165, 1.54) is 0 Å². The number of aromatic nitrogens is 1. The van der Waals surface area contributed by atoms with Gasteiger partial charge in [-0.05, 0) is 6.42 Å². The molecule has 84 valence electrons. The first kappa shape index (κ1) is 11.0. The Morgan fingerprint density at radius 2 is 2.60 bits per heavy atom. The molecule has 1 aromatic heterocycles. The van der Waals surface area contributed by atoms with Gasteiger partial charge in [0.2, 0.25) is 0 Å². The minimum absolute atomic E-state index is 0.349. The van der Waals surface area contributed by atoms with Crippen LogP contribution in [0.1, 0.15) is 17.1 Å². The highest BCUT2D eigenvalue weighted by atomic mass is 32.1. The van der Waals surface area contributed by atoms with Gasteiger partial charge in [-0.2, -0.15) is 0 Å². The number of hydrogen-bond acceptors (Lipinski definition) is 5. The fourth-order valence-corrected chi connectivity index (χ4v) is 2.60. The lowest BCUT2D eigenvalue weighted by molar-refractivity contribution is 0.184. The number of nitrogens with zero attached hydrogens (tertiary/aromatic N) is 2. The van der Waals surface area contributed by atoms with Crippen LogP contribution in [0.4, 0.5) is 0 Å². The van der Waals surface area contributed by atoms with Gasteiger partial charge in [-0.3, -0.25) is 4.90 Å². The van der Waals surface area contributed by atoms with Gasteiger partial charge in [-0.1, -0.05) is 0 Å². The Labute approximate surface area is 94.1 Å². The number of ether oxygens (including phenoxy) is 1. The van der Waals surface area contributed by atoms with E-state index in [-0.39, 0.29) is 0 Å². The van der Waals surface area contributed by atoms with Crippen LogP contribution in [0, 0.1) is 0 Å². The van der Waals surface area contributed by atoms with Crippen LogP contribution in [0.2, 0.25) is 0 Å². The molecule has 1 atom stereocenters. The van der Waals surface area contributed by atoms with E-state index in [4.69, 9.17) is 10.5 Å². The van der Waals surface area contributed by atoms with Crippen molar-refractivity contribution in [2.24, 2.45) is 5.73 Å². The van der Waals surface area contributed by atoms with Gasteiger partial charge in [-0.25, -0.2) is 4.98 Å². The predicted octanol–water partition coefficient (Wildman–Crippen LogP) is 0.823. The van der Waals surface area contributed by atoms with E-state index in [2.05, 4.69) is 15.3 Å². The Hall–Kier alpha value is -0.490. The van der Waals surface area contributed by atoms with Crippen LogP contribution in [-0.2, 0) is 17.9 Å². The summed E-state index contributed by atoms with van der Waals surface area (Å²) >= 11 is 1.66. The van der Waals surface area contributed by atoms with Crippen molar-refractivity contribution in [2.75, 3.05) is 20.2 Å². The third-order valence-electron chi connectivity index (χ3n) is 2.56. The number of methoxy groups -OCH3 is 1. The molecule has 0 aromatic carbocycles. The molecule has 2 N–H and O–H groups in total. The summed E-state index contributed by atoms with van der Waals surface area (Å²) < 4.78 is 5.04. The molecule has 1 aliphatic rings. The second kappa shape index (κ2) is 5.03. The molecular weight excluding hydrogens is 210 g/mol. The van der Waals surface area contributed by atoms with Crippen LogP contribution in [0.3, 0.4) is 0 Å². The van der Waals surface area contributed by atoms with Gasteiger partial charge in [0, 0.05) is 38.2 Å². The summed E-state index contributed by atoms with van der Waals surface area (Å²) in [6, 6.07) is 0.349. The summed E-state index contributed by atoms with van der Waals surface area (Å²) in [7, 11) is 1.70. The third kappa shape index (κ3) is 2.98. The number of thiazole rings is 1. The summed E-state index contributed by atoms with van der Waals surface area (Å²) in [6.45, 7) is 3.63. The summed E-state index contributed by atoms with van der Waals surface area (Å²) in [4.78, 5) is 6.86. The number of rotatable bonds is 4. The maximum Gasteiger partial charge on any atom is 0.119 e. The van der Waals surface area contributed by atoms with Crippen LogP contribution in [0.5, 0.6) is 0 Å². The highest BCUT2D eigenvalue weighted by molar-refractivity contribution is 7.09. The average molecular weight is 227 g/mol. The van der Waals surface area contributed by atoms with Gasteiger partial charge in [0.05, 0.1) is 12.3 Å². The fourth-order valence-electron chi connectivity index (χ4n) is 1.85. The molecule has 1 aromatic rings. The zero-order valence-corrected chi connectivity index (χ0v) is 9.80. The Morgan fingerprint density at radius 1 is 1.73 bits per heavy atom. The first-order valence-electron chi connectivity index (χ1n) is 5.18. The molecule has 0 amide bonds. The van der Waals surface area contributed by atoms with Gasteiger partial charge in [0.15, 0.2) is 0 Å². The largest absolute Gasteiger partial charge is 0.378 e. The van der Waals surface area contributed by atoms with Crippen molar-refractivity contribution < 1.29 is 4.74 Å². The van der Waals surface area contributed by atoms with Crippen molar-refractivity contribution in [3.63, 3.8) is 0 Å². The molecule has 0 aliphatic carbocycles. The SMILES string of the molecule is COCc1nc(CN2CC[C@@H](N)C2)cs1. The van der Waals surface area contributed by atoms with Gasteiger partial charge < -0.3 is 10.5 Å². The lowest BCUT2D eigenvalue weighted by Crippen LogP contribution is -2.26.